The predicted molar refractivity (Wildman–Crippen MR) is 86.8 cm³/mol. The Morgan fingerprint density at radius 1 is 1.39 bits per heavy atom. The Labute approximate surface area is 142 Å². The zero-order valence-electron chi connectivity index (χ0n) is 13.0. The summed E-state index contributed by atoms with van der Waals surface area (Å²) in [6, 6.07) is 3.36. The highest BCUT2D eigenvalue weighted by Crippen LogP contribution is 2.36. The van der Waals surface area contributed by atoms with Crippen LogP contribution in [0.3, 0.4) is 0 Å². The lowest BCUT2D eigenvalue weighted by Crippen LogP contribution is -2.38. The number of ether oxygens (including phenoxy) is 2. The second-order valence-electron chi connectivity index (χ2n) is 5.24. The molecule has 2 amide bonds. The van der Waals surface area contributed by atoms with Gasteiger partial charge in [0.05, 0.1) is 24.6 Å². The molecule has 23 heavy (non-hydrogen) atoms. The van der Waals surface area contributed by atoms with Crippen molar-refractivity contribution < 1.29 is 24.2 Å². The summed E-state index contributed by atoms with van der Waals surface area (Å²) >= 11 is 3.40. The van der Waals surface area contributed by atoms with Crippen LogP contribution < -0.4 is 14.8 Å². The average Bonchev–Trinajstić information content (AvgIpc) is 3.02. The topological polar surface area (TPSA) is 88.1 Å². The number of nitrogens with one attached hydrogen (secondary N) is 1. The number of amides is 2. The fourth-order valence-corrected chi connectivity index (χ4v) is 3.16. The number of hydrogen-bond acceptors (Lipinski definition) is 4. The van der Waals surface area contributed by atoms with E-state index < -0.39 is 11.9 Å². The number of nitrogens with zero attached hydrogens (tertiary/aromatic N) is 1. The molecule has 0 aliphatic carbocycles. The maximum atomic E-state index is 12.1. The highest BCUT2D eigenvalue weighted by atomic mass is 79.9. The number of methoxy groups -OCH3 is 2. The van der Waals surface area contributed by atoms with Crippen molar-refractivity contribution in [1.29, 1.82) is 0 Å². The molecule has 1 heterocycles. The zero-order valence-corrected chi connectivity index (χ0v) is 14.6. The van der Waals surface area contributed by atoms with Crippen LogP contribution in [-0.4, -0.2) is 49.3 Å². The third-order valence-electron chi connectivity index (χ3n) is 3.76. The van der Waals surface area contributed by atoms with Gasteiger partial charge >= 0.3 is 12.0 Å². The van der Waals surface area contributed by atoms with Crippen molar-refractivity contribution in [2.24, 2.45) is 5.92 Å². The molecule has 2 rings (SSSR count). The summed E-state index contributed by atoms with van der Waals surface area (Å²) in [5.74, 6) is -0.176. The monoisotopic (exact) mass is 386 g/mol. The van der Waals surface area contributed by atoms with Crippen LogP contribution in [0, 0.1) is 5.92 Å². The van der Waals surface area contributed by atoms with Gasteiger partial charge < -0.3 is 24.8 Å². The second-order valence-corrected chi connectivity index (χ2v) is 6.10. The molecule has 1 atom stereocenters. The van der Waals surface area contributed by atoms with Crippen molar-refractivity contribution in [3.8, 4) is 11.5 Å². The van der Waals surface area contributed by atoms with Gasteiger partial charge in [0.2, 0.25) is 0 Å². The summed E-state index contributed by atoms with van der Waals surface area (Å²) in [5.41, 5.74) is 0.844. The van der Waals surface area contributed by atoms with Gasteiger partial charge in [0.1, 0.15) is 0 Å². The smallest absolute Gasteiger partial charge is 0.317 e. The number of carboxylic acids is 1. The highest BCUT2D eigenvalue weighted by molar-refractivity contribution is 9.10. The molecule has 0 aromatic heterocycles. The average molecular weight is 387 g/mol. The molecule has 1 aliphatic heterocycles. The predicted octanol–water partition coefficient (Wildman–Crippen LogP) is 2.08. The molecule has 1 saturated heterocycles. The molecule has 0 radical (unpaired) electrons. The van der Waals surface area contributed by atoms with Crippen LogP contribution in [0.2, 0.25) is 0 Å². The normalized spacial score (nSPS) is 17.0. The number of carbonyl (C=O) groups is 2. The Hall–Kier alpha value is -1.96. The van der Waals surface area contributed by atoms with E-state index in [0.29, 0.717) is 31.0 Å². The SMILES string of the molecule is COc1cc(CNC(=O)N2CCC(C(=O)O)C2)cc(Br)c1OC. The van der Waals surface area contributed by atoms with Crippen molar-refractivity contribution in [2.45, 2.75) is 13.0 Å². The van der Waals surface area contributed by atoms with Crippen molar-refractivity contribution in [3.63, 3.8) is 0 Å². The van der Waals surface area contributed by atoms with Crippen molar-refractivity contribution in [2.75, 3.05) is 27.3 Å². The molecule has 1 aromatic carbocycles. The van der Waals surface area contributed by atoms with Crippen LogP contribution >= 0.6 is 15.9 Å². The minimum atomic E-state index is -0.857. The number of aliphatic carboxylic acids is 1. The van der Waals surface area contributed by atoms with Gasteiger partial charge in [0.25, 0.3) is 0 Å². The maximum absolute atomic E-state index is 12.1. The van der Waals surface area contributed by atoms with E-state index in [4.69, 9.17) is 14.6 Å². The Bertz CT molecular complexity index is 608. The number of benzene rings is 1. The van der Waals surface area contributed by atoms with Gasteiger partial charge in [-0.3, -0.25) is 4.79 Å². The first kappa shape index (κ1) is 17.4. The zero-order chi connectivity index (χ0) is 17.0. The van der Waals surface area contributed by atoms with Crippen LogP contribution in [0.1, 0.15) is 12.0 Å². The van der Waals surface area contributed by atoms with Gasteiger partial charge in [-0.1, -0.05) is 0 Å². The van der Waals surface area contributed by atoms with E-state index in [2.05, 4.69) is 21.2 Å². The lowest BCUT2D eigenvalue weighted by molar-refractivity contribution is -0.141. The first-order chi connectivity index (χ1) is 11.0. The van der Waals surface area contributed by atoms with E-state index in [1.54, 1.807) is 20.3 Å². The van der Waals surface area contributed by atoms with Crippen LogP contribution in [0.25, 0.3) is 0 Å². The fourth-order valence-electron chi connectivity index (χ4n) is 2.51. The van der Waals surface area contributed by atoms with Gasteiger partial charge in [-0.05, 0) is 40.0 Å². The van der Waals surface area contributed by atoms with Gasteiger partial charge in [-0.15, -0.1) is 0 Å². The Morgan fingerprint density at radius 3 is 2.70 bits per heavy atom. The summed E-state index contributed by atoms with van der Waals surface area (Å²) in [5, 5.41) is 11.8. The molecule has 0 bridgehead atoms. The molecule has 1 fully saturated rings. The van der Waals surface area contributed by atoms with Crippen LogP contribution in [0.5, 0.6) is 11.5 Å². The molecule has 2 N–H and O–H groups in total. The molecule has 0 spiro atoms. The molecule has 7 nitrogen and oxygen atoms in total. The van der Waals surface area contributed by atoms with Gasteiger partial charge in [-0.2, -0.15) is 0 Å². The summed E-state index contributed by atoms with van der Waals surface area (Å²) in [4.78, 5) is 24.6. The highest BCUT2D eigenvalue weighted by Gasteiger charge is 2.30. The Morgan fingerprint density at radius 2 is 2.13 bits per heavy atom. The molecular formula is C15H19BrN2O5. The Balaban J connectivity index is 1.97. The summed E-state index contributed by atoms with van der Waals surface area (Å²) in [7, 11) is 3.10. The standard InChI is InChI=1S/C15H19BrN2O5/c1-22-12-6-9(5-11(16)13(12)23-2)7-17-15(21)18-4-3-10(8-18)14(19)20/h5-6,10H,3-4,7-8H2,1-2H3,(H,17,21)(H,19,20). The Kier molecular flexibility index (Phi) is 5.70. The van der Waals surface area contributed by atoms with Crippen LogP contribution in [0.4, 0.5) is 4.79 Å². The van der Waals surface area contributed by atoms with Crippen LogP contribution in [0.15, 0.2) is 16.6 Å². The quantitative estimate of drug-likeness (QED) is 0.808. The third-order valence-corrected chi connectivity index (χ3v) is 4.35. The number of carboxylic acid groups (broad SMARTS) is 1. The van der Waals surface area contributed by atoms with Gasteiger partial charge in [0.15, 0.2) is 11.5 Å². The van der Waals surface area contributed by atoms with E-state index in [1.807, 2.05) is 6.07 Å². The minimum absolute atomic E-state index is 0.247. The molecule has 126 valence electrons. The van der Waals surface area contributed by atoms with Gasteiger partial charge in [-0.25, -0.2) is 4.79 Å². The lowest BCUT2D eigenvalue weighted by Gasteiger charge is -2.17. The number of rotatable bonds is 5. The van der Waals surface area contributed by atoms with Crippen molar-refractivity contribution >= 4 is 27.9 Å². The third kappa shape index (κ3) is 4.07. The molecule has 0 saturated carbocycles. The van der Waals surface area contributed by atoms with Crippen molar-refractivity contribution in [3.05, 3.63) is 22.2 Å². The van der Waals surface area contributed by atoms with Crippen molar-refractivity contribution in [1.82, 2.24) is 10.2 Å². The number of carbonyl (C=O) groups excluding carboxylic acids is 1. The lowest BCUT2D eigenvalue weighted by atomic mass is 10.1. The fraction of sp³-hybridized carbons (Fsp3) is 0.467. The first-order valence-corrected chi connectivity index (χ1v) is 7.91. The largest absolute Gasteiger partial charge is 0.493 e. The van der Waals surface area contributed by atoms with E-state index in [1.165, 1.54) is 4.90 Å². The van der Waals surface area contributed by atoms with E-state index in [9.17, 15) is 9.59 Å². The molecular weight excluding hydrogens is 368 g/mol. The maximum Gasteiger partial charge on any atom is 0.317 e. The first-order valence-electron chi connectivity index (χ1n) is 7.12. The number of hydrogen-bond donors (Lipinski definition) is 2. The number of halogens is 1. The second kappa shape index (κ2) is 7.54. The minimum Gasteiger partial charge on any atom is -0.493 e. The number of urea groups is 1. The molecule has 1 unspecified atom stereocenters. The molecule has 1 aromatic rings. The molecule has 8 heteroatoms. The van der Waals surface area contributed by atoms with E-state index >= 15 is 0 Å². The summed E-state index contributed by atoms with van der Waals surface area (Å²) in [6.07, 6.45) is 0.491. The summed E-state index contributed by atoms with van der Waals surface area (Å²) < 4.78 is 11.2. The van der Waals surface area contributed by atoms with E-state index in [0.717, 1.165) is 10.0 Å². The van der Waals surface area contributed by atoms with Gasteiger partial charge in [0, 0.05) is 19.6 Å². The van der Waals surface area contributed by atoms with E-state index in [-0.39, 0.29) is 12.6 Å². The summed E-state index contributed by atoms with van der Waals surface area (Å²) in [6.45, 7) is 1.02. The number of likely N-dealkylation sites (tertiary alicyclic amines) is 1. The van der Waals surface area contributed by atoms with Crippen LogP contribution in [-0.2, 0) is 11.3 Å². The molecule has 1 aliphatic rings.